The molecule has 0 aliphatic rings. The van der Waals surface area contributed by atoms with Gasteiger partial charge in [0.05, 0.1) is 0 Å². The summed E-state index contributed by atoms with van der Waals surface area (Å²) in [6.07, 6.45) is 0.671. The molecule has 0 atom stereocenters. The van der Waals surface area contributed by atoms with Gasteiger partial charge < -0.3 is 5.73 Å². The fourth-order valence-corrected chi connectivity index (χ4v) is 2.68. The van der Waals surface area contributed by atoms with Crippen molar-refractivity contribution in [3.8, 4) is 0 Å². The summed E-state index contributed by atoms with van der Waals surface area (Å²) < 4.78 is 40.0. The van der Waals surface area contributed by atoms with Crippen LogP contribution in [0.5, 0.6) is 0 Å². The highest BCUT2D eigenvalue weighted by Crippen LogP contribution is 2.19. The standard InChI is InChI=1S/C13H21FN2O2S/c1-13(2,3)6-7-16-19(17,18)12-8-10(9-15)4-5-11(12)14/h4-5,8,16H,6-7,9,15H2,1-3H3. The van der Waals surface area contributed by atoms with Crippen molar-refractivity contribution in [3.05, 3.63) is 29.6 Å². The van der Waals surface area contributed by atoms with E-state index >= 15 is 0 Å². The van der Waals surface area contributed by atoms with Crippen LogP contribution < -0.4 is 10.5 Å². The molecule has 0 aromatic heterocycles. The largest absolute Gasteiger partial charge is 0.326 e. The van der Waals surface area contributed by atoms with Crippen molar-refractivity contribution in [2.75, 3.05) is 6.54 Å². The first-order chi connectivity index (χ1) is 8.65. The van der Waals surface area contributed by atoms with Crippen molar-refractivity contribution < 1.29 is 12.8 Å². The molecule has 0 heterocycles. The smallest absolute Gasteiger partial charge is 0.243 e. The molecule has 1 rings (SSSR count). The fourth-order valence-electron chi connectivity index (χ4n) is 1.52. The molecule has 0 saturated heterocycles. The number of nitrogens with two attached hydrogens (primary N) is 1. The Labute approximate surface area is 114 Å². The number of hydrogen-bond acceptors (Lipinski definition) is 3. The SMILES string of the molecule is CC(C)(C)CCNS(=O)(=O)c1cc(CN)ccc1F. The Balaban J connectivity index is 2.88. The maximum atomic E-state index is 13.6. The lowest BCUT2D eigenvalue weighted by Crippen LogP contribution is -2.28. The lowest BCUT2D eigenvalue weighted by molar-refractivity contribution is 0.378. The lowest BCUT2D eigenvalue weighted by atomic mass is 9.93. The van der Waals surface area contributed by atoms with Crippen LogP contribution in [0.4, 0.5) is 4.39 Å². The Hall–Kier alpha value is -0.980. The van der Waals surface area contributed by atoms with Gasteiger partial charge in [-0.3, -0.25) is 0 Å². The van der Waals surface area contributed by atoms with Crippen LogP contribution in [0.15, 0.2) is 23.1 Å². The average Bonchev–Trinajstić information content (AvgIpc) is 2.27. The fraction of sp³-hybridized carbons (Fsp3) is 0.538. The highest BCUT2D eigenvalue weighted by molar-refractivity contribution is 7.89. The molecule has 4 nitrogen and oxygen atoms in total. The second-order valence-electron chi connectivity index (χ2n) is 5.68. The molecule has 19 heavy (non-hydrogen) atoms. The predicted octanol–water partition coefficient (Wildman–Crippen LogP) is 2.00. The van der Waals surface area contributed by atoms with E-state index in [0.717, 1.165) is 6.07 Å². The van der Waals surface area contributed by atoms with Gasteiger partial charge in [-0.15, -0.1) is 0 Å². The molecule has 1 aromatic rings. The molecule has 3 N–H and O–H groups in total. The lowest BCUT2D eigenvalue weighted by Gasteiger charge is -2.18. The topological polar surface area (TPSA) is 72.2 Å². The minimum atomic E-state index is -3.83. The molecule has 0 bridgehead atoms. The molecule has 0 aliphatic carbocycles. The monoisotopic (exact) mass is 288 g/mol. The van der Waals surface area contributed by atoms with Crippen LogP contribution in [0.3, 0.4) is 0 Å². The second-order valence-corrected chi connectivity index (χ2v) is 7.41. The minimum Gasteiger partial charge on any atom is -0.326 e. The number of nitrogens with one attached hydrogen (secondary N) is 1. The molecule has 0 saturated carbocycles. The third-order valence-electron chi connectivity index (χ3n) is 2.69. The zero-order valence-electron chi connectivity index (χ0n) is 11.5. The van der Waals surface area contributed by atoms with Crippen LogP contribution in [0.2, 0.25) is 0 Å². The molecular formula is C13H21FN2O2S. The summed E-state index contributed by atoms with van der Waals surface area (Å²) >= 11 is 0. The number of halogens is 1. The Morgan fingerprint density at radius 3 is 2.47 bits per heavy atom. The first kappa shape index (κ1) is 16.1. The van der Waals surface area contributed by atoms with E-state index in [1.165, 1.54) is 12.1 Å². The van der Waals surface area contributed by atoms with Crippen molar-refractivity contribution in [3.63, 3.8) is 0 Å². The first-order valence-corrected chi connectivity index (χ1v) is 7.62. The second kappa shape index (κ2) is 5.98. The van der Waals surface area contributed by atoms with Crippen molar-refractivity contribution in [2.24, 2.45) is 11.1 Å². The average molecular weight is 288 g/mol. The normalized spacial score (nSPS) is 12.7. The van der Waals surface area contributed by atoms with Crippen molar-refractivity contribution >= 4 is 10.0 Å². The third-order valence-corrected chi connectivity index (χ3v) is 4.16. The Morgan fingerprint density at radius 2 is 1.95 bits per heavy atom. The van der Waals surface area contributed by atoms with Crippen molar-refractivity contribution in [2.45, 2.75) is 38.6 Å². The van der Waals surface area contributed by atoms with Gasteiger partial charge in [-0.25, -0.2) is 17.5 Å². The van der Waals surface area contributed by atoms with Crippen LogP contribution >= 0.6 is 0 Å². The van der Waals surface area contributed by atoms with Gasteiger partial charge in [0.25, 0.3) is 0 Å². The molecule has 6 heteroatoms. The zero-order chi connectivity index (χ0) is 14.7. The summed E-state index contributed by atoms with van der Waals surface area (Å²) in [6.45, 7) is 6.48. The molecule has 0 aliphatic heterocycles. The van der Waals surface area contributed by atoms with E-state index in [2.05, 4.69) is 4.72 Å². The van der Waals surface area contributed by atoms with Gasteiger partial charge in [-0.05, 0) is 29.5 Å². The van der Waals surface area contributed by atoms with E-state index in [-0.39, 0.29) is 23.4 Å². The summed E-state index contributed by atoms with van der Waals surface area (Å²) in [4.78, 5) is -0.343. The molecular weight excluding hydrogens is 267 g/mol. The maximum absolute atomic E-state index is 13.6. The van der Waals surface area contributed by atoms with E-state index in [4.69, 9.17) is 5.73 Å². The summed E-state index contributed by atoms with van der Waals surface area (Å²) in [6, 6.07) is 3.87. The summed E-state index contributed by atoms with van der Waals surface area (Å²) in [7, 11) is -3.83. The van der Waals surface area contributed by atoms with E-state index in [1.807, 2.05) is 20.8 Å². The molecule has 1 aromatic carbocycles. The van der Waals surface area contributed by atoms with E-state index < -0.39 is 15.8 Å². The minimum absolute atomic E-state index is 0.0141. The zero-order valence-corrected chi connectivity index (χ0v) is 12.3. The van der Waals surface area contributed by atoms with Crippen LogP contribution in [0.25, 0.3) is 0 Å². The summed E-state index contributed by atoms with van der Waals surface area (Å²) in [5, 5.41) is 0. The first-order valence-electron chi connectivity index (χ1n) is 6.14. The number of sulfonamides is 1. The Morgan fingerprint density at radius 1 is 1.32 bits per heavy atom. The molecule has 0 spiro atoms. The third kappa shape index (κ3) is 4.89. The highest BCUT2D eigenvalue weighted by Gasteiger charge is 2.20. The number of rotatable bonds is 5. The molecule has 0 unspecified atom stereocenters. The van der Waals surface area contributed by atoms with Crippen molar-refractivity contribution in [1.82, 2.24) is 4.72 Å². The Bertz CT molecular complexity index is 536. The van der Waals surface area contributed by atoms with Gasteiger partial charge in [0, 0.05) is 13.1 Å². The summed E-state index contributed by atoms with van der Waals surface area (Å²) in [5.41, 5.74) is 6.03. The molecule has 0 amide bonds. The van der Waals surface area contributed by atoms with Gasteiger partial charge in [0.15, 0.2) is 0 Å². The van der Waals surface area contributed by atoms with E-state index in [0.29, 0.717) is 12.0 Å². The summed E-state index contributed by atoms with van der Waals surface area (Å²) in [5.74, 6) is -0.763. The van der Waals surface area contributed by atoms with Crippen LogP contribution in [0.1, 0.15) is 32.8 Å². The maximum Gasteiger partial charge on any atom is 0.243 e. The quantitative estimate of drug-likeness (QED) is 0.870. The van der Waals surface area contributed by atoms with Crippen LogP contribution in [-0.4, -0.2) is 15.0 Å². The van der Waals surface area contributed by atoms with Crippen molar-refractivity contribution in [1.29, 1.82) is 0 Å². The van der Waals surface area contributed by atoms with Gasteiger partial charge in [-0.1, -0.05) is 26.8 Å². The number of benzene rings is 1. The van der Waals surface area contributed by atoms with Gasteiger partial charge in [0.1, 0.15) is 10.7 Å². The molecule has 0 fully saturated rings. The number of hydrogen-bond donors (Lipinski definition) is 2. The predicted molar refractivity (Wildman–Crippen MR) is 73.6 cm³/mol. The van der Waals surface area contributed by atoms with Gasteiger partial charge in [-0.2, -0.15) is 0 Å². The van der Waals surface area contributed by atoms with Gasteiger partial charge >= 0.3 is 0 Å². The molecule has 108 valence electrons. The molecule has 0 radical (unpaired) electrons. The van der Waals surface area contributed by atoms with Crippen LogP contribution in [-0.2, 0) is 16.6 Å². The Kier molecular flexibility index (Phi) is 5.06. The van der Waals surface area contributed by atoms with Gasteiger partial charge in [0.2, 0.25) is 10.0 Å². The van der Waals surface area contributed by atoms with E-state index in [9.17, 15) is 12.8 Å². The highest BCUT2D eigenvalue weighted by atomic mass is 32.2. The van der Waals surface area contributed by atoms with E-state index in [1.54, 1.807) is 0 Å². The van der Waals surface area contributed by atoms with Crippen LogP contribution in [0, 0.1) is 11.2 Å².